The highest BCUT2D eigenvalue weighted by molar-refractivity contribution is 5.73. The number of aliphatic hydroxyl groups is 2. The van der Waals surface area contributed by atoms with E-state index >= 15 is 0 Å². The quantitative estimate of drug-likeness (QED) is 0.618. The maximum absolute atomic E-state index is 11.7. The number of hydrogen-bond acceptors (Lipinski definition) is 6. The van der Waals surface area contributed by atoms with Gasteiger partial charge in [-0.15, -0.1) is 0 Å². The minimum absolute atomic E-state index is 0.238. The molecule has 0 radical (unpaired) electrons. The molecule has 0 aliphatic carbocycles. The van der Waals surface area contributed by atoms with Gasteiger partial charge in [0.05, 0.1) is 19.8 Å². The van der Waals surface area contributed by atoms with Crippen molar-refractivity contribution in [3.63, 3.8) is 0 Å². The van der Waals surface area contributed by atoms with E-state index in [9.17, 15) is 15.0 Å². The molecule has 7 nitrogen and oxygen atoms in total. The molecule has 0 spiro atoms. The highest BCUT2D eigenvalue weighted by Crippen LogP contribution is 2.26. The lowest BCUT2D eigenvalue weighted by atomic mass is 9.96. The van der Waals surface area contributed by atoms with Crippen LogP contribution in [0.2, 0.25) is 0 Å². The van der Waals surface area contributed by atoms with Crippen molar-refractivity contribution in [2.24, 2.45) is 0 Å². The Bertz CT molecular complexity index is 756. The van der Waals surface area contributed by atoms with Crippen LogP contribution in [-0.4, -0.2) is 53.4 Å². The van der Waals surface area contributed by atoms with E-state index in [0.29, 0.717) is 0 Å². The van der Waals surface area contributed by atoms with Crippen molar-refractivity contribution in [3.8, 4) is 0 Å². The van der Waals surface area contributed by atoms with Crippen LogP contribution < -0.4 is 5.32 Å². The van der Waals surface area contributed by atoms with Crippen molar-refractivity contribution in [1.82, 2.24) is 5.32 Å². The summed E-state index contributed by atoms with van der Waals surface area (Å²) in [4.78, 5) is 11.7. The van der Waals surface area contributed by atoms with Gasteiger partial charge < -0.3 is 29.7 Å². The molecule has 2 aromatic carbocycles. The Kier molecular flexibility index (Phi) is 7.74. The Hall–Kier alpha value is -2.29. The van der Waals surface area contributed by atoms with E-state index in [4.69, 9.17) is 14.2 Å². The van der Waals surface area contributed by atoms with Crippen molar-refractivity contribution in [2.45, 2.75) is 50.8 Å². The summed E-state index contributed by atoms with van der Waals surface area (Å²) < 4.78 is 17.6. The molecular formula is C22H27NO6. The minimum atomic E-state index is -1.12. The largest absolute Gasteiger partial charge is 0.394 e. The van der Waals surface area contributed by atoms with Gasteiger partial charge in [0.1, 0.15) is 24.4 Å². The highest BCUT2D eigenvalue weighted by Gasteiger charge is 2.46. The fourth-order valence-corrected chi connectivity index (χ4v) is 3.32. The molecule has 5 atom stereocenters. The predicted molar refractivity (Wildman–Crippen MR) is 106 cm³/mol. The van der Waals surface area contributed by atoms with Crippen LogP contribution in [-0.2, 0) is 32.2 Å². The highest BCUT2D eigenvalue weighted by atomic mass is 16.7. The van der Waals surface area contributed by atoms with Gasteiger partial charge in [0.2, 0.25) is 5.91 Å². The Morgan fingerprint density at radius 1 is 1.00 bits per heavy atom. The number of carbonyl (C=O) groups excluding carboxylic acids is 1. The first-order valence-electron chi connectivity index (χ1n) is 9.61. The zero-order valence-electron chi connectivity index (χ0n) is 16.3. The molecule has 1 saturated heterocycles. The Labute approximate surface area is 170 Å². The van der Waals surface area contributed by atoms with Gasteiger partial charge in [-0.3, -0.25) is 4.79 Å². The second-order valence-corrected chi connectivity index (χ2v) is 7.00. The fraction of sp³-hybridized carbons (Fsp3) is 0.409. The number of nitrogens with one attached hydrogen (secondary N) is 1. The molecule has 3 rings (SSSR count). The molecular weight excluding hydrogens is 374 g/mol. The van der Waals surface area contributed by atoms with Crippen molar-refractivity contribution in [1.29, 1.82) is 0 Å². The topological polar surface area (TPSA) is 97.3 Å². The van der Waals surface area contributed by atoms with Crippen molar-refractivity contribution in [2.75, 3.05) is 6.61 Å². The standard InChI is InChI=1S/C22H27NO6/c1-15(25)23-19-20(26)21(27-13-16-8-4-2-5-9-16)18(12-24)29-22(19)28-14-17-10-6-3-7-11-17/h2-11,18-22,24,26H,12-14H2,1H3,(H,23,25)/t18-,19-,20-,21-,22+/m1/s1. The number of aliphatic hydroxyl groups excluding tert-OH is 2. The summed E-state index contributed by atoms with van der Waals surface area (Å²) in [5, 5.41) is 23.4. The van der Waals surface area contributed by atoms with Gasteiger partial charge >= 0.3 is 0 Å². The van der Waals surface area contributed by atoms with Crippen LogP contribution in [0.5, 0.6) is 0 Å². The molecule has 1 aliphatic rings. The average molecular weight is 401 g/mol. The fourth-order valence-electron chi connectivity index (χ4n) is 3.32. The molecule has 0 bridgehead atoms. The normalized spacial score (nSPS) is 26.8. The first-order valence-corrected chi connectivity index (χ1v) is 9.61. The average Bonchev–Trinajstić information content (AvgIpc) is 2.74. The number of benzene rings is 2. The van der Waals surface area contributed by atoms with E-state index in [0.717, 1.165) is 11.1 Å². The lowest BCUT2D eigenvalue weighted by Gasteiger charge is -2.44. The van der Waals surface area contributed by atoms with Crippen LogP contribution in [0.4, 0.5) is 0 Å². The van der Waals surface area contributed by atoms with E-state index < -0.39 is 30.6 Å². The number of ether oxygens (including phenoxy) is 3. The second-order valence-electron chi connectivity index (χ2n) is 7.00. The Morgan fingerprint density at radius 3 is 2.07 bits per heavy atom. The number of hydrogen-bond donors (Lipinski definition) is 3. The molecule has 0 aromatic heterocycles. The van der Waals surface area contributed by atoms with Crippen LogP contribution in [0.1, 0.15) is 18.1 Å². The van der Waals surface area contributed by atoms with Gasteiger partial charge in [-0.1, -0.05) is 60.7 Å². The minimum Gasteiger partial charge on any atom is -0.394 e. The Balaban J connectivity index is 1.70. The predicted octanol–water partition coefficient (Wildman–Crippen LogP) is 1.37. The first-order chi connectivity index (χ1) is 14.1. The monoisotopic (exact) mass is 401 g/mol. The zero-order chi connectivity index (χ0) is 20.6. The third-order valence-electron chi connectivity index (χ3n) is 4.77. The third-order valence-corrected chi connectivity index (χ3v) is 4.77. The van der Waals surface area contributed by atoms with Gasteiger partial charge in [0, 0.05) is 6.92 Å². The van der Waals surface area contributed by atoms with Gasteiger partial charge in [-0.05, 0) is 11.1 Å². The lowest BCUT2D eigenvalue weighted by molar-refractivity contribution is -0.282. The lowest BCUT2D eigenvalue weighted by Crippen LogP contribution is -2.65. The summed E-state index contributed by atoms with van der Waals surface area (Å²) in [6.07, 6.45) is -3.66. The van der Waals surface area contributed by atoms with Crippen molar-refractivity contribution in [3.05, 3.63) is 71.8 Å². The molecule has 1 aliphatic heterocycles. The van der Waals surface area contributed by atoms with E-state index in [1.54, 1.807) is 0 Å². The van der Waals surface area contributed by atoms with E-state index in [1.165, 1.54) is 6.92 Å². The third kappa shape index (κ3) is 5.85. The molecule has 156 valence electrons. The van der Waals surface area contributed by atoms with Crippen LogP contribution in [0.25, 0.3) is 0 Å². The molecule has 1 heterocycles. The smallest absolute Gasteiger partial charge is 0.217 e. The summed E-state index contributed by atoms with van der Waals surface area (Å²) in [7, 11) is 0. The van der Waals surface area contributed by atoms with E-state index in [2.05, 4.69) is 5.32 Å². The maximum atomic E-state index is 11.7. The summed E-state index contributed by atoms with van der Waals surface area (Å²) in [5.41, 5.74) is 1.85. The van der Waals surface area contributed by atoms with Crippen LogP contribution in [0.3, 0.4) is 0 Å². The van der Waals surface area contributed by atoms with Crippen LogP contribution in [0.15, 0.2) is 60.7 Å². The summed E-state index contributed by atoms with van der Waals surface area (Å²) >= 11 is 0. The first kappa shape index (κ1) is 21.4. The van der Waals surface area contributed by atoms with Gasteiger partial charge in [0.25, 0.3) is 0 Å². The van der Waals surface area contributed by atoms with E-state index in [1.807, 2.05) is 60.7 Å². The van der Waals surface area contributed by atoms with Crippen molar-refractivity contribution < 1.29 is 29.2 Å². The van der Waals surface area contributed by atoms with Gasteiger partial charge in [-0.2, -0.15) is 0 Å². The number of rotatable bonds is 8. The van der Waals surface area contributed by atoms with Gasteiger partial charge in [0.15, 0.2) is 6.29 Å². The molecule has 3 N–H and O–H groups in total. The SMILES string of the molecule is CC(=O)N[C@H]1[C@@H](OCc2ccccc2)O[C@H](CO)[C@@H](OCc2ccccc2)[C@@H]1O. The molecule has 0 saturated carbocycles. The number of amides is 1. The summed E-state index contributed by atoms with van der Waals surface area (Å²) in [6.45, 7) is 1.49. The van der Waals surface area contributed by atoms with Crippen molar-refractivity contribution >= 4 is 5.91 Å². The van der Waals surface area contributed by atoms with Crippen LogP contribution >= 0.6 is 0 Å². The molecule has 0 unspecified atom stereocenters. The molecule has 29 heavy (non-hydrogen) atoms. The molecule has 7 heteroatoms. The van der Waals surface area contributed by atoms with Crippen LogP contribution in [0, 0.1) is 0 Å². The number of carbonyl (C=O) groups is 1. The molecule has 1 amide bonds. The maximum Gasteiger partial charge on any atom is 0.217 e. The zero-order valence-corrected chi connectivity index (χ0v) is 16.3. The summed E-state index contributed by atoms with van der Waals surface area (Å²) in [6, 6.07) is 18.2. The molecule has 2 aromatic rings. The summed E-state index contributed by atoms with van der Waals surface area (Å²) in [5.74, 6) is -0.324. The Morgan fingerprint density at radius 2 is 1.55 bits per heavy atom. The molecule has 1 fully saturated rings. The van der Waals surface area contributed by atoms with Gasteiger partial charge in [-0.25, -0.2) is 0 Å². The van der Waals surface area contributed by atoms with E-state index in [-0.39, 0.29) is 25.7 Å². The second kappa shape index (κ2) is 10.5.